The van der Waals surface area contributed by atoms with Gasteiger partial charge in [-0.25, -0.2) is 13.4 Å². The summed E-state index contributed by atoms with van der Waals surface area (Å²) >= 11 is 1.38. The minimum absolute atomic E-state index is 0.00326. The SMILES string of the molecule is CS(=O)(=O)N1C[C@@H]2CC[C@H](C1)N(C(=O)CCc1csc(N)n1)C2. The molecule has 4 rings (SSSR count). The van der Waals surface area contributed by atoms with Crippen LogP contribution < -0.4 is 5.73 Å². The quantitative estimate of drug-likeness (QED) is 0.847. The van der Waals surface area contributed by atoms with Crippen molar-refractivity contribution in [3.05, 3.63) is 11.1 Å². The molecule has 3 fully saturated rings. The third-order valence-corrected chi connectivity index (χ3v) is 6.59. The van der Waals surface area contributed by atoms with Crippen molar-refractivity contribution in [2.75, 3.05) is 31.6 Å². The zero-order valence-corrected chi connectivity index (χ0v) is 14.8. The first-order chi connectivity index (χ1) is 10.8. The van der Waals surface area contributed by atoms with Crippen molar-refractivity contribution < 1.29 is 13.2 Å². The van der Waals surface area contributed by atoms with Crippen LogP contribution in [0.15, 0.2) is 5.38 Å². The van der Waals surface area contributed by atoms with E-state index in [0.717, 1.165) is 18.5 Å². The van der Waals surface area contributed by atoms with Gasteiger partial charge in [-0.2, -0.15) is 4.31 Å². The fourth-order valence-corrected chi connectivity index (χ4v) is 4.95. The van der Waals surface area contributed by atoms with Crippen LogP contribution >= 0.6 is 11.3 Å². The molecule has 4 heterocycles. The summed E-state index contributed by atoms with van der Waals surface area (Å²) in [6.07, 6.45) is 4.09. The molecule has 1 amide bonds. The lowest BCUT2D eigenvalue weighted by Crippen LogP contribution is -2.47. The van der Waals surface area contributed by atoms with E-state index in [-0.39, 0.29) is 17.9 Å². The van der Waals surface area contributed by atoms with E-state index in [1.807, 2.05) is 10.3 Å². The lowest BCUT2D eigenvalue weighted by molar-refractivity contribution is -0.135. The van der Waals surface area contributed by atoms with Crippen molar-refractivity contribution in [2.24, 2.45) is 5.92 Å². The first kappa shape index (κ1) is 16.7. The predicted molar refractivity (Wildman–Crippen MR) is 89.5 cm³/mol. The number of nitrogen functional groups attached to an aromatic ring is 1. The molecule has 1 aromatic heterocycles. The van der Waals surface area contributed by atoms with Gasteiger partial charge in [0.25, 0.3) is 0 Å². The molecule has 2 atom stereocenters. The average molecular weight is 358 g/mol. The van der Waals surface area contributed by atoms with Crippen molar-refractivity contribution >= 4 is 32.4 Å². The second-order valence-electron chi connectivity index (χ2n) is 6.40. The van der Waals surface area contributed by atoms with Gasteiger partial charge in [-0.15, -0.1) is 11.3 Å². The number of hydrogen-bond donors (Lipinski definition) is 1. The Labute approximate surface area is 140 Å². The van der Waals surface area contributed by atoms with E-state index in [1.165, 1.54) is 21.9 Å². The number of carbonyl (C=O) groups excluding carboxylic acids is 1. The third-order valence-electron chi connectivity index (χ3n) is 4.63. The van der Waals surface area contributed by atoms with Crippen LogP contribution in [-0.4, -0.2) is 60.4 Å². The smallest absolute Gasteiger partial charge is 0.223 e. The standard InChI is InChI=1S/C14H22N4O3S2/c1-23(20,21)17-6-10-2-4-12(8-17)18(7-10)13(19)5-3-11-9-22-14(15)16-11/h9-10,12H,2-8H2,1H3,(H2,15,16)/t10-,12+/m0/s1. The Hall–Kier alpha value is -1.19. The summed E-state index contributed by atoms with van der Waals surface area (Å²) in [5, 5.41) is 2.40. The average Bonchev–Trinajstić information content (AvgIpc) is 2.71. The highest BCUT2D eigenvalue weighted by Gasteiger charge is 2.39. The summed E-state index contributed by atoms with van der Waals surface area (Å²) in [6, 6.07) is -0.00326. The summed E-state index contributed by atoms with van der Waals surface area (Å²) in [5.74, 6) is 0.323. The van der Waals surface area contributed by atoms with Gasteiger partial charge in [0.05, 0.1) is 11.9 Å². The molecule has 0 spiro atoms. The number of rotatable bonds is 4. The number of thiazole rings is 1. The monoisotopic (exact) mass is 358 g/mol. The first-order valence-corrected chi connectivity index (χ1v) is 10.5. The van der Waals surface area contributed by atoms with E-state index in [0.29, 0.717) is 37.6 Å². The van der Waals surface area contributed by atoms with Gasteiger partial charge in [0.1, 0.15) is 0 Å². The van der Waals surface area contributed by atoms with E-state index in [4.69, 9.17) is 5.73 Å². The van der Waals surface area contributed by atoms with E-state index in [2.05, 4.69) is 4.98 Å². The van der Waals surface area contributed by atoms with Crippen LogP contribution in [0.5, 0.6) is 0 Å². The summed E-state index contributed by atoms with van der Waals surface area (Å²) in [7, 11) is -3.20. The number of aryl methyl sites for hydroxylation is 1. The van der Waals surface area contributed by atoms with Crippen LogP contribution in [0.4, 0.5) is 5.13 Å². The lowest BCUT2D eigenvalue weighted by atomic mass is 9.94. The molecular weight excluding hydrogens is 336 g/mol. The van der Waals surface area contributed by atoms with Gasteiger partial charge in [-0.1, -0.05) is 0 Å². The lowest BCUT2D eigenvalue weighted by Gasteiger charge is -2.36. The van der Waals surface area contributed by atoms with Gasteiger partial charge in [0.2, 0.25) is 15.9 Å². The molecule has 2 bridgehead atoms. The maximum Gasteiger partial charge on any atom is 0.223 e. The number of fused-ring (bicyclic) bond motifs is 4. The Morgan fingerprint density at radius 3 is 2.83 bits per heavy atom. The molecule has 0 aromatic carbocycles. The zero-order valence-electron chi connectivity index (χ0n) is 13.1. The highest BCUT2D eigenvalue weighted by Crippen LogP contribution is 2.29. The molecule has 0 saturated carbocycles. The van der Waals surface area contributed by atoms with Gasteiger partial charge in [0, 0.05) is 37.5 Å². The van der Waals surface area contributed by atoms with Crippen LogP contribution in [0, 0.1) is 5.92 Å². The normalized spacial score (nSPS) is 25.5. The number of nitrogens with two attached hydrogens (primary N) is 1. The van der Waals surface area contributed by atoms with E-state index in [1.54, 1.807) is 0 Å². The predicted octanol–water partition coefficient (Wildman–Crippen LogP) is 0.540. The van der Waals surface area contributed by atoms with Crippen LogP contribution in [0.3, 0.4) is 0 Å². The van der Waals surface area contributed by atoms with Gasteiger partial charge in [-0.3, -0.25) is 4.79 Å². The minimum atomic E-state index is -3.20. The maximum atomic E-state index is 12.6. The zero-order chi connectivity index (χ0) is 16.6. The molecule has 0 aliphatic carbocycles. The van der Waals surface area contributed by atoms with Crippen molar-refractivity contribution in [3.63, 3.8) is 0 Å². The molecule has 0 radical (unpaired) electrons. The molecule has 128 valence electrons. The van der Waals surface area contributed by atoms with E-state index >= 15 is 0 Å². The number of aromatic nitrogens is 1. The fraction of sp³-hybridized carbons (Fsp3) is 0.714. The highest BCUT2D eigenvalue weighted by molar-refractivity contribution is 7.88. The second kappa shape index (κ2) is 6.37. The largest absolute Gasteiger partial charge is 0.375 e. The number of piperidine rings is 1. The van der Waals surface area contributed by atoms with Crippen LogP contribution in [0.2, 0.25) is 0 Å². The first-order valence-electron chi connectivity index (χ1n) is 7.77. The number of sulfonamides is 1. The number of hydrogen-bond acceptors (Lipinski definition) is 6. The summed E-state index contributed by atoms with van der Waals surface area (Å²) in [6.45, 7) is 1.61. The molecule has 3 saturated heterocycles. The third kappa shape index (κ3) is 3.84. The molecule has 1 aromatic rings. The molecule has 9 heteroatoms. The van der Waals surface area contributed by atoms with Crippen molar-refractivity contribution in [1.82, 2.24) is 14.2 Å². The Morgan fingerprint density at radius 2 is 2.17 bits per heavy atom. The Bertz CT molecular complexity index is 688. The molecule has 3 aliphatic heterocycles. The summed E-state index contributed by atoms with van der Waals surface area (Å²) < 4.78 is 25.2. The van der Waals surface area contributed by atoms with Crippen LogP contribution in [0.25, 0.3) is 0 Å². The van der Waals surface area contributed by atoms with E-state index in [9.17, 15) is 13.2 Å². The van der Waals surface area contributed by atoms with Crippen LogP contribution in [-0.2, 0) is 21.2 Å². The van der Waals surface area contributed by atoms with Crippen LogP contribution in [0.1, 0.15) is 25.0 Å². The Balaban J connectivity index is 1.65. The van der Waals surface area contributed by atoms with Crippen molar-refractivity contribution in [1.29, 1.82) is 0 Å². The summed E-state index contributed by atoms with van der Waals surface area (Å²) in [5.41, 5.74) is 6.45. The topological polar surface area (TPSA) is 96.6 Å². The number of amides is 1. The van der Waals surface area contributed by atoms with Crippen molar-refractivity contribution in [2.45, 2.75) is 31.7 Å². The Morgan fingerprint density at radius 1 is 1.39 bits per heavy atom. The van der Waals surface area contributed by atoms with Gasteiger partial charge in [0.15, 0.2) is 5.13 Å². The number of nitrogens with zero attached hydrogens (tertiary/aromatic N) is 3. The fourth-order valence-electron chi connectivity index (χ4n) is 3.43. The molecule has 2 N–H and O–H groups in total. The molecule has 3 aliphatic rings. The molecule has 7 nitrogen and oxygen atoms in total. The molecular formula is C14H22N4O3S2. The van der Waals surface area contributed by atoms with Gasteiger partial charge >= 0.3 is 0 Å². The van der Waals surface area contributed by atoms with Crippen molar-refractivity contribution in [3.8, 4) is 0 Å². The highest BCUT2D eigenvalue weighted by atomic mass is 32.2. The van der Waals surface area contributed by atoms with E-state index < -0.39 is 10.0 Å². The Kier molecular flexibility index (Phi) is 4.61. The second-order valence-corrected chi connectivity index (χ2v) is 9.27. The molecule has 23 heavy (non-hydrogen) atoms. The summed E-state index contributed by atoms with van der Waals surface area (Å²) in [4.78, 5) is 18.6. The number of anilines is 1. The van der Waals surface area contributed by atoms with Gasteiger partial charge in [-0.05, 0) is 25.2 Å². The maximum absolute atomic E-state index is 12.6. The molecule has 0 unspecified atom stereocenters. The minimum Gasteiger partial charge on any atom is -0.375 e. The van der Waals surface area contributed by atoms with Gasteiger partial charge < -0.3 is 10.6 Å². The number of carbonyl (C=O) groups is 1.